The number of pyridine rings is 2. The number of aryl methyl sites for hydroxylation is 3. The summed E-state index contributed by atoms with van der Waals surface area (Å²) in [6.45, 7) is 14.2. The first-order chi connectivity index (χ1) is 42.2. The third kappa shape index (κ3) is 14.2. The molecule has 0 unspecified atom stereocenters. The van der Waals surface area contributed by atoms with Crippen LogP contribution in [0.3, 0.4) is 0 Å². The molecule has 0 aliphatic carbocycles. The number of aromatic nitrogens is 10. The Bertz CT molecular complexity index is 4650. The van der Waals surface area contributed by atoms with Crippen molar-refractivity contribution in [3.8, 4) is 46.9 Å². The van der Waals surface area contributed by atoms with Gasteiger partial charge in [-0.1, -0.05) is 109 Å². The summed E-state index contributed by atoms with van der Waals surface area (Å²) in [5, 5.41) is 24.3. The predicted octanol–water partition coefficient (Wildman–Crippen LogP) is 8.29. The second-order valence-electron chi connectivity index (χ2n) is 20.9. The lowest BCUT2D eigenvalue weighted by atomic mass is 10.0. The van der Waals surface area contributed by atoms with E-state index in [1.807, 2.05) is 176 Å². The number of hydrogen-bond acceptors (Lipinski definition) is 10. The zero-order valence-corrected chi connectivity index (χ0v) is 50.1. The summed E-state index contributed by atoms with van der Waals surface area (Å²) >= 11 is 0. The number of carbonyl (C=O) groups is 2. The number of rotatable bonds is 9. The molecule has 0 aliphatic heterocycles. The number of carbonyl (C=O) groups excluding carboxylic acids is 2. The first-order valence-electron chi connectivity index (χ1n) is 28.0. The van der Waals surface area contributed by atoms with Crippen LogP contribution < -0.4 is 32.6 Å². The Morgan fingerprint density at radius 2 is 0.898 bits per heavy atom. The quantitative estimate of drug-likeness (QED) is 0.0933. The largest absolute Gasteiger partial charge is 0.381 e. The second-order valence-corrected chi connectivity index (χ2v) is 20.9. The molecule has 0 fully saturated rings. The smallest absolute Gasteiger partial charge is 0.267 e. The molecule has 3 N–H and O–H groups in total. The summed E-state index contributed by atoms with van der Waals surface area (Å²) in [5.74, 6) is 18.6. The average molecular weight is 1160 g/mol. The van der Waals surface area contributed by atoms with Crippen molar-refractivity contribution in [2.75, 3.05) is 0 Å². The summed E-state index contributed by atoms with van der Waals surface area (Å²) in [6.07, 6.45) is 10.5. The van der Waals surface area contributed by atoms with Crippen LogP contribution in [0.15, 0.2) is 191 Å². The van der Waals surface area contributed by atoms with Gasteiger partial charge < -0.3 is 20.4 Å². The van der Waals surface area contributed by atoms with Crippen LogP contribution in [0.25, 0.3) is 43.8 Å². The van der Waals surface area contributed by atoms with Crippen LogP contribution in [0.1, 0.15) is 110 Å². The van der Waals surface area contributed by atoms with E-state index in [2.05, 4.69) is 73.3 Å². The fourth-order valence-electron chi connectivity index (χ4n) is 10.0. The molecular weight excluding hydrogens is 1100 g/mol. The number of benzene rings is 5. The number of para-hydroxylation sites is 2. The van der Waals surface area contributed by atoms with Crippen LogP contribution in [0.2, 0.25) is 0 Å². The number of nitrogens with one attached hydrogen (secondary N) is 3. The summed E-state index contributed by atoms with van der Waals surface area (Å²) in [7, 11) is 11.6. The third-order valence-corrected chi connectivity index (χ3v) is 13.9. The molecule has 88 heavy (non-hydrogen) atoms. The van der Waals surface area contributed by atoms with Gasteiger partial charge in [0.15, 0.2) is 0 Å². The second kappa shape index (κ2) is 27.0. The minimum atomic E-state index is -0.458. The number of allylic oxidation sites excluding steroid dienone is 1. The lowest BCUT2D eigenvalue weighted by Crippen LogP contribution is -2.32. The van der Waals surface area contributed by atoms with Crippen molar-refractivity contribution in [1.82, 2.24) is 63.9 Å². The molecule has 5 aromatic carbocycles. The van der Waals surface area contributed by atoms with Crippen molar-refractivity contribution in [2.45, 2.75) is 59.7 Å². The van der Waals surface area contributed by atoms with Gasteiger partial charge in [0.05, 0.1) is 80.8 Å². The Kier molecular flexibility index (Phi) is 18.8. The van der Waals surface area contributed by atoms with E-state index in [0.29, 0.717) is 61.3 Å². The van der Waals surface area contributed by atoms with Crippen molar-refractivity contribution in [1.29, 1.82) is 0 Å². The molecule has 2 radical (unpaired) electrons. The van der Waals surface area contributed by atoms with E-state index < -0.39 is 6.04 Å². The predicted molar refractivity (Wildman–Crippen MR) is 345 cm³/mol. The normalized spacial score (nSPS) is 11.6. The number of amides is 2. The monoisotopic (exact) mass is 1160 g/mol. The van der Waals surface area contributed by atoms with Gasteiger partial charge in [0, 0.05) is 93.0 Å². The van der Waals surface area contributed by atoms with Crippen LogP contribution in [0.5, 0.6) is 0 Å². The van der Waals surface area contributed by atoms with Crippen LogP contribution in [0.4, 0.5) is 0 Å². The van der Waals surface area contributed by atoms with E-state index in [1.165, 1.54) is 22.9 Å². The van der Waals surface area contributed by atoms with Gasteiger partial charge in [0.25, 0.3) is 11.1 Å². The minimum Gasteiger partial charge on any atom is -0.381 e. The number of nitrogens with zero attached hydrogens (tertiary/aromatic N) is 10. The zero-order valence-electron chi connectivity index (χ0n) is 50.1. The first-order valence-corrected chi connectivity index (χ1v) is 28.0. The van der Waals surface area contributed by atoms with Gasteiger partial charge >= 0.3 is 0 Å². The van der Waals surface area contributed by atoms with Crippen LogP contribution >= 0.6 is 0 Å². The molecule has 11 aromatic rings. The molecule has 0 saturated heterocycles. The fourth-order valence-corrected chi connectivity index (χ4v) is 10.0. The van der Waals surface area contributed by atoms with E-state index in [-0.39, 0.29) is 40.6 Å². The minimum absolute atomic E-state index is 0.139. The molecule has 2 amide bonds. The molecule has 436 valence electrons. The molecule has 6 aromatic heterocycles. The van der Waals surface area contributed by atoms with Crippen LogP contribution in [-0.4, -0.2) is 67.7 Å². The zero-order chi connectivity index (χ0) is 62.8. The van der Waals surface area contributed by atoms with Crippen molar-refractivity contribution in [3.63, 3.8) is 0 Å². The van der Waals surface area contributed by atoms with Gasteiger partial charge in [-0.25, -0.2) is 4.98 Å². The Labute approximate surface area is 509 Å². The molecule has 11 rings (SSSR count). The molecule has 0 bridgehead atoms. The van der Waals surface area contributed by atoms with Gasteiger partial charge in [0.2, 0.25) is 25.4 Å². The van der Waals surface area contributed by atoms with Crippen LogP contribution in [-0.2, 0) is 30.7 Å². The third-order valence-electron chi connectivity index (χ3n) is 13.9. The van der Waals surface area contributed by atoms with E-state index in [1.54, 1.807) is 56.3 Å². The maximum Gasteiger partial charge on any atom is 0.267 e. The van der Waals surface area contributed by atoms with E-state index >= 15 is 0 Å². The van der Waals surface area contributed by atoms with E-state index in [4.69, 9.17) is 13.0 Å². The van der Waals surface area contributed by atoms with Gasteiger partial charge in [-0.05, 0) is 99.1 Å². The molecule has 0 spiro atoms. The highest BCUT2D eigenvalue weighted by Gasteiger charge is 2.22. The van der Waals surface area contributed by atoms with Gasteiger partial charge in [-0.2, -0.15) is 15.3 Å². The molecular formula is C69H62BN13O5. The van der Waals surface area contributed by atoms with Crippen molar-refractivity contribution < 1.29 is 9.59 Å². The Morgan fingerprint density at radius 3 is 1.35 bits per heavy atom. The van der Waals surface area contributed by atoms with E-state index in [9.17, 15) is 24.0 Å². The topological polar surface area (TPSA) is 203 Å². The molecule has 18 nitrogen and oxygen atoms in total. The maximum absolute atomic E-state index is 13.7. The lowest BCUT2D eigenvalue weighted by Gasteiger charge is -2.20. The highest BCUT2D eigenvalue weighted by molar-refractivity contribution is 6.08. The number of fused-ring (bicyclic) bond motifs is 3. The highest BCUT2D eigenvalue weighted by Crippen LogP contribution is 2.25. The summed E-state index contributed by atoms with van der Waals surface area (Å²) in [5.41, 5.74) is 7.64. The van der Waals surface area contributed by atoms with Crippen molar-refractivity contribution in [3.05, 3.63) is 259 Å². The van der Waals surface area contributed by atoms with Gasteiger partial charge in [0.1, 0.15) is 5.82 Å². The van der Waals surface area contributed by atoms with Crippen LogP contribution in [0, 0.1) is 35.5 Å². The number of hydrogen-bond donors (Lipinski definition) is 3. The Morgan fingerprint density at radius 1 is 0.489 bits per heavy atom. The first kappa shape index (κ1) is 61.1. The average Bonchev–Trinajstić information content (AvgIpc) is 1.05. The Balaban J connectivity index is 0.000000158. The standard InChI is InChI=1S/C25H22N4O2.C24H21N5O2.C20H19BN4O/c1-17(27-18(2)30)23-14-21-9-7-8-20(13-12-19-15-26-28(3)16-19)24(21)25(31)29(23)22-10-5-4-6-11-22;1-16(26-17(2)30)23-27-21-11-7-8-19(13-12-18-14-25-28(3)15-18)22(21)24(31)29(23)20-9-5-4-6-10-20;1-13(2)23-14(3)18-10-17-7-5-6-16(19(17)20(26)25(18)21)9-8-15-11-22-24(4)12-15/h4-11,14-17H,1-3H3,(H,27,30);4-11,14-16H,1-3H3,(H,26,30);5-7,10-12,14,23H,1H2,2-4H3/t17-;16-;14-/m000/s1. The highest BCUT2D eigenvalue weighted by atomic mass is 16.2. The molecule has 0 aliphatic rings. The fraction of sp³-hybridized carbons (Fsp3) is 0.174. The molecule has 19 heteroatoms. The van der Waals surface area contributed by atoms with Crippen molar-refractivity contribution in [2.24, 2.45) is 21.1 Å². The summed E-state index contributed by atoms with van der Waals surface area (Å²) in [4.78, 5) is 68.4. The summed E-state index contributed by atoms with van der Waals surface area (Å²) < 4.78 is 9.41. The van der Waals surface area contributed by atoms with E-state index in [0.717, 1.165) is 38.8 Å². The SMILES string of the molecule is CC(=O)N[C@@H](C)c1cc2cccc(C#Cc3cnn(C)c3)c2c(=O)n1-c1ccccc1.CC(=O)N[C@@H](C)c1nc2cccc(C#Cc3cnn(C)c3)c2c(=O)n1-c1ccccc1.[B]n1c([C@H](C)NC(=C)C)cc2cccc(C#Cc3cnn(C)c3)c2c1=O. The molecule has 6 heterocycles. The maximum atomic E-state index is 13.7. The van der Waals surface area contributed by atoms with Gasteiger partial charge in [-0.3, -0.25) is 47.2 Å². The van der Waals surface area contributed by atoms with Gasteiger partial charge in [-0.15, -0.1) is 0 Å². The molecule has 3 atom stereocenters. The lowest BCUT2D eigenvalue weighted by molar-refractivity contribution is -0.120. The molecule has 0 saturated carbocycles. The van der Waals surface area contributed by atoms with Crippen molar-refractivity contribution >= 4 is 52.2 Å². The Hall–Kier alpha value is -11.5. The summed E-state index contributed by atoms with van der Waals surface area (Å²) in [6, 6.07) is 38.2.